The summed E-state index contributed by atoms with van der Waals surface area (Å²) in [5.74, 6) is 0.548. The summed E-state index contributed by atoms with van der Waals surface area (Å²) in [7, 11) is 3.24. The zero-order valence-corrected chi connectivity index (χ0v) is 16.2. The van der Waals surface area contributed by atoms with Crippen LogP contribution in [0.15, 0.2) is 48.8 Å². The van der Waals surface area contributed by atoms with Crippen molar-refractivity contribution in [2.45, 2.75) is 6.92 Å². The highest BCUT2D eigenvalue weighted by atomic mass is 16.6. The van der Waals surface area contributed by atoms with E-state index in [0.29, 0.717) is 12.3 Å². The van der Waals surface area contributed by atoms with Crippen LogP contribution in [0.25, 0.3) is 11.4 Å². The van der Waals surface area contributed by atoms with E-state index in [2.05, 4.69) is 10.3 Å². The summed E-state index contributed by atoms with van der Waals surface area (Å²) in [6, 6.07) is 9.58. The van der Waals surface area contributed by atoms with Gasteiger partial charge in [0.1, 0.15) is 11.4 Å². The summed E-state index contributed by atoms with van der Waals surface area (Å²) in [5.41, 5.74) is 0.790. The smallest absolute Gasteiger partial charge is 0.286 e. The number of rotatable bonds is 7. The van der Waals surface area contributed by atoms with Crippen LogP contribution in [0, 0.1) is 10.1 Å². The molecule has 1 N–H and O–H groups in total. The summed E-state index contributed by atoms with van der Waals surface area (Å²) in [6.45, 7) is 2.09. The van der Waals surface area contributed by atoms with Crippen molar-refractivity contribution < 1.29 is 19.2 Å². The van der Waals surface area contributed by atoms with Crippen LogP contribution in [0.3, 0.4) is 0 Å². The van der Waals surface area contributed by atoms with Gasteiger partial charge in [0.15, 0.2) is 11.5 Å². The molecule has 0 saturated carbocycles. The molecule has 0 fully saturated rings. The van der Waals surface area contributed by atoms with Crippen molar-refractivity contribution >= 4 is 17.3 Å². The molecule has 1 aromatic heterocycles. The van der Waals surface area contributed by atoms with Gasteiger partial charge in [-0.15, -0.1) is 0 Å². The van der Waals surface area contributed by atoms with Crippen molar-refractivity contribution in [3.8, 4) is 22.9 Å². The summed E-state index contributed by atoms with van der Waals surface area (Å²) in [6.07, 6.45) is 3.49. The van der Waals surface area contributed by atoms with Gasteiger partial charge < -0.3 is 19.4 Å². The number of nitrogens with zero attached hydrogens (tertiary/aromatic N) is 3. The molecule has 0 aliphatic heterocycles. The number of hydrogen-bond donors (Lipinski definition) is 1. The Bertz CT molecular complexity index is 1060. The monoisotopic (exact) mass is 396 g/mol. The number of ether oxygens (including phenoxy) is 2. The van der Waals surface area contributed by atoms with Gasteiger partial charge in [-0.2, -0.15) is 0 Å². The number of amides is 1. The van der Waals surface area contributed by atoms with Crippen LogP contribution in [0.5, 0.6) is 11.5 Å². The molecule has 29 heavy (non-hydrogen) atoms. The largest absolute Gasteiger partial charge is 0.493 e. The maximum absolute atomic E-state index is 12.8. The van der Waals surface area contributed by atoms with Crippen molar-refractivity contribution in [2.24, 2.45) is 7.05 Å². The number of nitro groups is 1. The molecule has 150 valence electrons. The van der Waals surface area contributed by atoms with Crippen LogP contribution in [0.2, 0.25) is 0 Å². The zero-order chi connectivity index (χ0) is 21.0. The van der Waals surface area contributed by atoms with Gasteiger partial charge in [-0.05, 0) is 19.1 Å². The zero-order valence-electron chi connectivity index (χ0n) is 16.2. The van der Waals surface area contributed by atoms with Gasteiger partial charge in [0, 0.05) is 36.8 Å². The number of aryl methyl sites for hydroxylation is 1. The van der Waals surface area contributed by atoms with E-state index in [1.165, 1.54) is 19.2 Å². The van der Waals surface area contributed by atoms with E-state index < -0.39 is 10.8 Å². The Hall–Kier alpha value is -3.88. The SMILES string of the molecule is CCOc1cc(C(=O)Nc2cccc(-c3nccn3C)c2)c([N+](=O)[O-])cc1OC. The lowest BCUT2D eigenvalue weighted by atomic mass is 10.1. The van der Waals surface area contributed by atoms with Crippen LogP contribution < -0.4 is 14.8 Å². The van der Waals surface area contributed by atoms with E-state index in [-0.39, 0.29) is 22.7 Å². The second-order valence-corrected chi connectivity index (χ2v) is 6.11. The van der Waals surface area contributed by atoms with E-state index in [1.807, 2.05) is 23.9 Å². The Morgan fingerprint density at radius 2 is 2.07 bits per heavy atom. The summed E-state index contributed by atoms with van der Waals surface area (Å²) >= 11 is 0. The number of anilines is 1. The summed E-state index contributed by atoms with van der Waals surface area (Å²) in [5, 5.41) is 14.2. The standard InChI is InChI=1S/C20H20N4O5/c1-4-29-18-11-15(16(24(26)27)12-17(18)28-3)20(25)22-14-7-5-6-13(10-14)19-21-8-9-23(19)2/h5-12H,4H2,1-3H3,(H,22,25). The van der Waals surface area contributed by atoms with E-state index in [4.69, 9.17) is 9.47 Å². The normalized spacial score (nSPS) is 10.4. The minimum atomic E-state index is -0.628. The highest BCUT2D eigenvalue weighted by Crippen LogP contribution is 2.35. The molecular formula is C20H20N4O5. The van der Waals surface area contributed by atoms with Crippen LogP contribution in [-0.4, -0.2) is 34.1 Å². The lowest BCUT2D eigenvalue weighted by molar-refractivity contribution is -0.385. The molecule has 0 atom stereocenters. The molecule has 1 heterocycles. The molecule has 0 saturated heterocycles. The lowest BCUT2D eigenvalue weighted by Crippen LogP contribution is -2.14. The Balaban J connectivity index is 1.95. The fraction of sp³-hybridized carbons (Fsp3) is 0.200. The maximum atomic E-state index is 12.8. The predicted molar refractivity (Wildman–Crippen MR) is 107 cm³/mol. The second-order valence-electron chi connectivity index (χ2n) is 6.11. The third-order valence-corrected chi connectivity index (χ3v) is 4.22. The molecule has 0 unspecified atom stereocenters. The van der Waals surface area contributed by atoms with Gasteiger partial charge in [-0.3, -0.25) is 14.9 Å². The number of carbonyl (C=O) groups is 1. The average molecular weight is 396 g/mol. The first-order chi connectivity index (χ1) is 13.9. The van der Waals surface area contributed by atoms with Gasteiger partial charge in [-0.1, -0.05) is 12.1 Å². The van der Waals surface area contributed by atoms with Crippen molar-refractivity contribution in [3.63, 3.8) is 0 Å². The fourth-order valence-corrected chi connectivity index (χ4v) is 2.89. The first-order valence-corrected chi connectivity index (χ1v) is 8.83. The second kappa shape index (κ2) is 8.42. The molecule has 3 rings (SSSR count). The molecule has 0 spiro atoms. The van der Waals surface area contributed by atoms with Crippen LogP contribution in [0.4, 0.5) is 11.4 Å². The molecule has 0 aliphatic carbocycles. The number of imidazole rings is 1. The summed E-state index contributed by atoms with van der Waals surface area (Å²) in [4.78, 5) is 28.0. The van der Waals surface area contributed by atoms with E-state index in [0.717, 1.165) is 11.4 Å². The van der Waals surface area contributed by atoms with E-state index in [9.17, 15) is 14.9 Å². The first kappa shape index (κ1) is 19.9. The Morgan fingerprint density at radius 3 is 2.69 bits per heavy atom. The van der Waals surface area contributed by atoms with Crippen LogP contribution in [0.1, 0.15) is 17.3 Å². The number of carbonyl (C=O) groups excluding carboxylic acids is 1. The Labute approximate surface area is 167 Å². The lowest BCUT2D eigenvalue weighted by Gasteiger charge is -2.12. The van der Waals surface area contributed by atoms with Gasteiger partial charge >= 0.3 is 0 Å². The first-order valence-electron chi connectivity index (χ1n) is 8.83. The van der Waals surface area contributed by atoms with E-state index in [1.54, 1.807) is 31.3 Å². The van der Waals surface area contributed by atoms with Gasteiger partial charge in [0.2, 0.25) is 0 Å². The van der Waals surface area contributed by atoms with E-state index >= 15 is 0 Å². The highest BCUT2D eigenvalue weighted by molar-refractivity contribution is 6.07. The highest BCUT2D eigenvalue weighted by Gasteiger charge is 2.25. The molecule has 0 aliphatic rings. The third kappa shape index (κ3) is 4.18. The molecule has 0 bridgehead atoms. The molecule has 9 nitrogen and oxygen atoms in total. The van der Waals surface area contributed by atoms with Crippen LogP contribution >= 0.6 is 0 Å². The number of nitro benzene ring substituents is 1. The number of nitrogens with one attached hydrogen (secondary N) is 1. The van der Waals surface area contributed by atoms with Gasteiger partial charge in [-0.25, -0.2) is 4.98 Å². The number of methoxy groups -OCH3 is 1. The minimum absolute atomic E-state index is 0.123. The van der Waals surface area contributed by atoms with Gasteiger partial charge in [0.05, 0.1) is 24.7 Å². The molecule has 3 aromatic rings. The van der Waals surface area contributed by atoms with Crippen molar-refractivity contribution in [2.75, 3.05) is 19.0 Å². The summed E-state index contributed by atoms with van der Waals surface area (Å²) < 4.78 is 12.4. The quantitative estimate of drug-likeness (QED) is 0.482. The van der Waals surface area contributed by atoms with Crippen molar-refractivity contribution in [1.82, 2.24) is 9.55 Å². The molecule has 2 aromatic carbocycles. The number of aromatic nitrogens is 2. The maximum Gasteiger partial charge on any atom is 0.286 e. The minimum Gasteiger partial charge on any atom is -0.493 e. The fourth-order valence-electron chi connectivity index (χ4n) is 2.89. The molecular weight excluding hydrogens is 376 g/mol. The Kier molecular flexibility index (Phi) is 5.77. The number of benzene rings is 2. The van der Waals surface area contributed by atoms with Gasteiger partial charge in [0.25, 0.3) is 11.6 Å². The Morgan fingerprint density at radius 1 is 1.28 bits per heavy atom. The molecule has 1 amide bonds. The molecule has 0 radical (unpaired) electrons. The van der Waals surface area contributed by atoms with Crippen molar-refractivity contribution in [3.05, 3.63) is 64.5 Å². The third-order valence-electron chi connectivity index (χ3n) is 4.22. The molecule has 9 heteroatoms. The average Bonchev–Trinajstić information content (AvgIpc) is 3.13. The van der Waals surface area contributed by atoms with Crippen LogP contribution in [-0.2, 0) is 7.05 Å². The predicted octanol–water partition coefficient (Wildman–Crippen LogP) is 3.65. The van der Waals surface area contributed by atoms with Crippen molar-refractivity contribution in [1.29, 1.82) is 0 Å². The number of hydrogen-bond acceptors (Lipinski definition) is 6. The topological polar surface area (TPSA) is 109 Å².